The van der Waals surface area contributed by atoms with Crippen molar-refractivity contribution in [2.24, 2.45) is 0 Å². The molecule has 0 radical (unpaired) electrons. The molecule has 0 saturated carbocycles. The van der Waals surface area contributed by atoms with Gasteiger partial charge in [-0.1, -0.05) is 0 Å². The van der Waals surface area contributed by atoms with Gasteiger partial charge in [-0.2, -0.15) is 0 Å². The Morgan fingerprint density at radius 2 is 2.06 bits per heavy atom. The normalized spacial score (nSPS) is 13.1. The zero-order valence-corrected chi connectivity index (χ0v) is 11.3. The quantitative estimate of drug-likeness (QED) is 0.606. The second-order valence-electron chi connectivity index (χ2n) is 4.35. The first-order valence-corrected chi connectivity index (χ1v) is 6.09. The summed E-state index contributed by atoms with van der Waals surface area (Å²) in [6.45, 7) is 7.45. The summed E-state index contributed by atoms with van der Waals surface area (Å²) in [7, 11) is 1.86. The summed E-state index contributed by atoms with van der Waals surface area (Å²) >= 11 is 0. The second-order valence-corrected chi connectivity index (χ2v) is 4.35. The van der Waals surface area contributed by atoms with Gasteiger partial charge in [0.2, 0.25) is 0 Å². The molecule has 1 unspecified atom stereocenters. The molecule has 5 heteroatoms. The van der Waals surface area contributed by atoms with Gasteiger partial charge in [-0.15, -0.1) is 0 Å². The minimum Gasteiger partial charge on any atom is -0.466 e. The van der Waals surface area contributed by atoms with Crippen LogP contribution in [0.15, 0.2) is 0 Å². The summed E-state index contributed by atoms with van der Waals surface area (Å²) in [5.74, 6) is -0.202. The molecule has 0 aromatic carbocycles. The van der Waals surface area contributed by atoms with Gasteiger partial charge >= 0.3 is 5.97 Å². The highest BCUT2D eigenvalue weighted by Gasteiger charge is 2.11. The highest BCUT2D eigenvalue weighted by molar-refractivity contribution is 5.69. The number of carbonyl (C=O) groups is 1. The van der Waals surface area contributed by atoms with Gasteiger partial charge in [0.1, 0.15) is 0 Å². The molecule has 1 atom stereocenters. The Balaban J connectivity index is 3.63. The number of nitrogens with zero attached hydrogens (tertiary/aromatic N) is 1. The van der Waals surface area contributed by atoms with Crippen molar-refractivity contribution >= 4 is 5.97 Å². The van der Waals surface area contributed by atoms with Crippen LogP contribution in [0.4, 0.5) is 0 Å². The van der Waals surface area contributed by atoms with Gasteiger partial charge in [0.25, 0.3) is 0 Å². The smallest absolute Gasteiger partial charge is 0.307 e. The Bertz CT molecular complexity index is 209. The standard InChI is InChI=1S/C12H25NO4/c1-5-16-12(15)6-7-13(4)8-11(14)9-17-10(2)3/h10-11,14H,5-9H2,1-4H3. The number of aliphatic hydroxyl groups excluding tert-OH is 1. The highest BCUT2D eigenvalue weighted by Crippen LogP contribution is 1.96. The number of ether oxygens (including phenoxy) is 2. The largest absolute Gasteiger partial charge is 0.466 e. The van der Waals surface area contributed by atoms with Gasteiger partial charge < -0.3 is 19.5 Å². The van der Waals surface area contributed by atoms with Crippen molar-refractivity contribution < 1.29 is 19.4 Å². The van der Waals surface area contributed by atoms with E-state index in [2.05, 4.69) is 0 Å². The molecule has 0 fully saturated rings. The molecule has 0 amide bonds. The topological polar surface area (TPSA) is 59.0 Å². The van der Waals surface area contributed by atoms with E-state index in [-0.39, 0.29) is 12.1 Å². The first-order valence-electron chi connectivity index (χ1n) is 6.09. The van der Waals surface area contributed by atoms with E-state index < -0.39 is 6.10 Å². The lowest BCUT2D eigenvalue weighted by molar-refractivity contribution is -0.143. The highest BCUT2D eigenvalue weighted by atomic mass is 16.5. The van der Waals surface area contributed by atoms with E-state index in [0.29, 0.717) is 32.7 Å². The number of aliphatic hydroxyl groups is 1. The van der Waals surface area contributed by atoms with E-state index in [9.17, 15) is 9.90 Å². The van der Waals surface area contributed by atoms with E-state index in [4.69, 9.17) is 9.47 Å². The number of hydrogen-bond donors (Lipinski definition) is 1. The molecule has 0 aromatic rings. The lowest BCUT2D eigenvalue weighted by atomic mass is 10.3. The molecule has 0 aliphatic rings. The number of likely N-dealkylation sites (N-methyl/N-ethyl adjacent to an activating group) is 1. The predicted octanol–water partition coefficient (Wildman–Crippen LogP) is 0.657. The summed E-state index contributed by atoms with van der Waals surface area (Å²) in [5.41, 5.74) is 0. The van der Waals surface area contributed by atoms with Gasteiger partial charge in [0, 0.05) is 13.1 Å². The summed E-state index contributed by atoms with van der Waals surface area (Å²) in [6, 6.07) is 0. The van der Waals surface area contributed by atoms with Crippen molar-refractivity contribution in [3.63, 3.8) is 0 Å². The molecule has 5 nitrogen and oxygen atoms in total. The minimum atomic E-state index is -0.524. The fourth-order valence-corrected chi connectivity index (χ4v) is 1.32. The van der Waals surface area contributed by atoms with Crippen LogP contribution >= 0.6 is 0 Å². The van der Waals surface area contributed by atoms with Crippen molar-refractivity contribution in [1.29, 1.82) is 0 Å². The third-order valence-corrected chi connectivity index (χ3v) is 2.15. The third kappa shape index (κ3) is 10.2. The molecule has 102 valence electrons. The van der Waals surface area contributed by atoms with Crippen LogP contribution in [0.2, 0.25) is 0 Å². The Labute approximate surface area is 104 Å². The van der Waals surface area contributed by atoms with Crippen molar-refractivity contribution in [1.82, 2.24) is 4.90 Å². The van der Waals surface area contributed by atoms with Crippen LogP contribution in [-0.2, 0) is 14.3 Å². The fraction of sp³-hybridized carbons (Fsp3) is 0.917. The number of carbonyl (C=O) groups excluding carboxylic acids is 1. The molecule has 0 aromatic heterocycles. The maximum absolute atomic E-state index is 11.1. The molecule has 0 aliphatic heterocycles. The monoisotopic (exact) mass is 247 g/mol. The van der Waals surface area contributed by atoms with E-state index >= 15 is 0 Å². The van der Waals surface area contributed by atoms with Crippen molar-refractivity contribution in [3.05, 3.63) is 0 Å². The first-order chi connectivity index (χ1) is 7.95. The zero-order chi connectivity index (χ0) is 13.3. The molecule has 0 saturated heterocycles. The summed E-state index contributed by atoms with van der Waals surface area (Å²) in [6.07, 6.45) is -0.0543. The number of esters is 1. The Morgan fingerprint density at radius 1 is 1.41 bits per heavy atom. The SMILES string of the molecule is CCOC(=O)CCN(C)CC(O)COC(C)C. The van der Waals surface area contributed by atoms with Crippen LogP contribution in [0, 0.1) is 0 Å². The van der Waals surface area contributed by atoms with Crippen LogP contribution < -0.4 is 0 Å². The second kappa shape index (κ2) is 9.39. The summed E-state index contributed by atoms with van der Waals surface area (Å²) in [4.78, 5) is 13.0. The molecular formula is C12H25NO4. The number of rotatable bonds is 9. The van der Waals surface area contributed by atoms with Crippen LogP contribution in [-0.4, -0.2) is 61.5 Å². The molecule has 0 spiro atoms. The van der Waals surface area contributed by atoms with E-state index in [1.807, 2.05) is 25.8 Å². The fourth-order valence-electron chi connectivity index (χ4n) is 1.32. The van der Waals surface area contributed by atoms with Gasteiger partial charge in [-0.3, -0.25) is 4.79 Å². The Morgan fingerprint density at radius 3 is 2.59 bits per heavy atom. The van der Waals surface area contributed by atoms with Gasteiger partial charge in [-0.25, -0.2) is 0 Å². The van der Waals surface area contributed by atoms with Crippen molar-refractivity contribution in [2.75, 3.05) is 33.4 Å². The molecule has 1 N–H and O–H groups in total. The first kappa shape index (κ1) is 16.4. The summed E-state index contributed by atoms with van der Waals surface area (Å²) in [5, 5.41) is 9.65. The third-order valence-electron chi connectivity index (χ3n) is 2.15. The number of hydrogen-bond acceptors (Lipinski definition) is 5. The van der Waals surface area contributed by atoms with Crippen LogP contribution in [0.1, 0.15) is 27.2 Å². The molecule has 0 aliphatic carbocycles. The van der Waals surface area contributed by atoms with E-state index in [0.717, 1.165) is 0 Å². The van der Waals surface area contributed by atoms with Gasteiger partial charge in [-0.05, 0) is 27.8 Å². The average Bonchev–Trinajstić information content (AvgIpc) is 2.24. The minimum absolute atomic E-state index is 0.120. The van der Waals surface area contributed by atoms with E-state index in [1.165, 1.54) is 0 Å². The van der Waals surface area contributed by atoms with Crippen molar-refractivity contribution in [3.8, 4) is 0 Å². The lowest BCUT2D eigenvalue weighted by Crippen LogP contribution is -2.34. The molecule has 0 heterocycles. The van der Waals surface area contributed by atoms with Crippen LogP contribution in [0.5, 0.6) is 0 Å². The summed E-state index contributed by atoms with van der Waals surface area (Å²) < 4.78 is 10.1. The van der Waals surface area contributed by atoms with Gasteiger partial charge in [0.05, 0.1) is 31.8 Å². The maximum atomic E-state index is 11.1. The van der Waals surface area contributed by atoms with Crippen molar-refractivity contribution in [2.45, 2.75) is 39.4 Å². The van der Waals surface area contributed by atoms with Gasteiger partial charge in [0.15, 0.2) is 0 Å². The van der Waals surface area contributed by atoms with E-state index in [1.54, 1.807) is 6.92 Å². The Hall–Kier alpha value is -0.650. The molecular weight excluding hydrogens is 222 g/mol. The molecule has 0 bridgehead atoms. The predicted molar refractivity (Wildman–Crippen MR) is 65.8 cm³/mol. The Kier molecular flexibility index (Phi) is 9.03. The van der Waals surface area contributed by atoms with Crippen LogP contribution in [0.3, 0.4) is 0 Å². The maximum Gasteiger partial charge on any atom is 0.307 e. The molecule has 17 heavy (non-hydrogen) atoms. The lowest BCUT2D eigenvalue weighted by Gasteiger charge is -2.20. The van der Waals surface area contributed by atoms with Crippen LogP contribution in [0.25, 0.3) is 0 Å². The molecule has 0 rings (SSSR count). The zero-order valence-electron chi connectivity index (χ0n) is 11.3. The average molecular weight is 247 g/mol.